The van der Waals surface area contributed by atoms with Crippen LogP contribution in [0.2, 0.25) is 0 Å². The molecule has 5 nitrogen and oxygen atoms in total. The predicted molar refractivity (Wildman–Crippen MR) is 93.0 cm³/mol. The highest BCUT2D eigenvalue weighted by molar-refractivity contribution is 6.03. The third-order valence-corrected chi connectivity index (χ3v) is 4.30. The van der Waals surface area contributed by atoms with E-state index in [2.05, 4.69) is 16.0 Å². The van der Waals surface area contributed by atoms with Crippen LogP contribution in [0.15, 0.2) is 24.3 Å². The Morgan fingerprint density at radius 3 is 2.65 bits per heavy atom. The number of amides is 2. The second kappa shape index (κ2) is 8.31. The van der Waals surface area contributed by atoms with Gasteiger partial charge in [-0.25, -0.2) is 0 Å². The molecular formula is C17H24ClN3O2. The van der Waals surface area contributed by atoms with Gasteiger partial charge in [-0.3, -0.25) is 9.59 Å². The van der Waals surface area contributed by atoms with Gasteiger partial charge in [-0.05, 0) is 56.8 Å². The van der Waals surface area contributed by atoms with Crippen LogP contribution in [0, 0.1) is 5.92 Å². The highest BCUT2D eigenvalue weighted by Gasteiger charge is 2.25. The Kier molecular flexibility index (Phi) is 6.42. The summed E-state index contributed by atoms with van der Waals surface area (Å²) in [6.07, 6.45) is 4.65. The number of benzene rings is 1. The fourth-order valence-corrected chi connectivity index (χ4v) is 2.79. The molecule has 0 radical (unpaired) electrons. The van der Waals surface area contributed by atoms with Crippen LogP contribution in [0.4, 0.5) is 5.69 Å². The third kappa shape index (κ3) is 5.22. The van der Waals surface area contributed by atoms with E-state index < -0.39 is 0 Å². The maximum absolute atomic E-state index is 12.2. The first kappa shape index (κ1) is 17.8. The molecule has 0 spiro atoms. The summed E-state index contributed by atoms with van der Waals surface area (Å²) >= 11 is 0. The SMILES string of the molecule is Cl.O=C(CCC1CCNC1)Nc1ccccc1C(=O)NC1CC1. The Labute approximate surface area is 143 Å². The van der Waals surface area contributed by atoms with E-state index in [0.717, 1.165) is 38.8 Å². The minimum Gasteiger partial charge on any atom is -0.349 e. The summed E-state index contributed by atoms with van der Waals surface area (Å²) in [7, 11) is 0. The molecule has 1 atom stereocenters. The van der Waals surface area contributed by atoms with Gasteiger partial charge in [0.15, 0.2) is 0 Å². The van der Waals surface area contributed by atoms with Crippen molar-refractivity contribution < 1.29 is 9.59 Å². The lowest BCUT2D eigenvalue weighted by Crippen LogP contribution is -2.27. The van der Waals surface area contributed by atoms with Gasteiger partial charge >= 0.3 is 0 Å². The fraction of sp³-hybridized carbons (Fsp3) is 0.529. The van der Waals surface area contributed by atoms with Gasteiger partial charge in [-0.2, -0.15) is 0 Å². The van der Waals surface area contributed by atoms with Crippen molar-refractivity contribution in [2.24, 2.45) is 5.92 Å². The van der Waals surface area contributed by atoms with Crippen molar-refractivity contribution in [3.05, 3.63) is 29.8 Å². The molecule has 1 unspecified atom stereocenters. The molecule has 0 aromatic heterocycles. The van der Waals surface area contributed by atoms with Gasteiger partial charge in [0, 0.05) is 12.5 Å². The number of anilines is 1. The smallest absolute Gasteiger partial charge is 0.253 e. The summed E-state index contributed by atoms with van der Waals surface area (Å²) in [5.41, 5.74) is 1.15. The van der Waals surface area contributed by atoms with Gasteiger partial charge < -0.3 is 16.0 Å². The molecular weight excluding hydrogens is 314 g/mol. The summed E-state index contributed by atoms with van der Waals surface area (Å²) < 4.78 is 0. The van der Waals surface area contributed by atoms with E-state index in [1.165, 1.54) is 0 Å². The molecule has 2 fully saturated rings. The molecule has 1 aromatic rings. The molecule has 1 saturated carbocycles. The number of halogens is 1. The average molecular weight is 338 g/mol. The van der Waals surface area contributed by atoms with E-state index >= 15 is 0 Å². The Balaban J connectivity index is 0.00000192. The molecule has 1 aliphatic heterocycles. The maximum atomic E-state index is 12.2. The van der Waals surface area contributed by atoms with Gasteiger partial charge in [0.2, 0.25) is 5.91 Å². The summed E-state index contributed by atoms with van der Waals surface area (Å²) in [6.45, 7) is 2.06. The number of para-hydroxylation sites is 1. The van der Waals surface area contributed by atoms with Crippen LogP contribution in [0.25, 0.3) is 0 Å². The van der Waals surface area contributed by atoms with Crippen molar-refractivity contribution in [1.29, 1.82) is 0 Å². The van der Waals surface area contributed by atoms with Crippen molar-refractivity contribution in [3.63, 3.8) is 0 Å². The first-order valence-corrected chi connectivity index (χ1v) is 8.13. The molecule has 1 aliphatic carbocycles. The second-order valence-corrected chi connectivity index (χ2v) is 6.24. The summed E-state index contributed by atoms with van der Waals surface area (Å²) in [5, 5.41) is 9.16. The van der Waals surface area contributed by atoms with Crippen LogP contribution >= 0.6 is 12.4 Å². The highest BCUT2D eigenvalue weighted by Crippen LogP contribution is 2.22. The monoisotopic (exact) mass is 337 g/mol. The van der Waals surface area contributed by atoms with Crippen molar-refractivity contribution >= 4 is 29.9 Å². The van der Waals surface area contributed by atoms with Crippen LogP contribution in [0.5, 0.6) is 0 Å². The number of hydrogen-bond donors (Lipinski definition) is 3. The van der Waals surface area contributed by atoms with Crippen molar-refractivity contribution in [2.45, 2.75) is 38.1 Å². The molecule has 2 amide bonds. The van der Waals surface area contributed by atoms with Crippen molar-refractivity contribution in [2.75, 3.05) is 18.4 Å². The highest BCUT2D eigenvalue weighted by atomic mass is 35.5. The lowest BCUT2D eigenvalue weighted by Gasteiger charge is -2.12. The first-order chi connectivity index (χ1) is 10.7. The average Bonchev–Trinajstić information content (AvgIpc) is 3.17. The zero-order chi connectivity index (χ0) is 15.4. The molecule has 0 bridgehead atoms. The molecule has 23 heavy (non-hydrogen) atoms. The molecule has 126 valence electrons. The van der Waals surface area contributed by atoms with Crippen LogP contribution in [0.1, 0.15) is 42.5 Å². The van der Waals surface area contributed by atoms with Gasteiger partial charge in [0.1, 0.15) is 0 Å². The van der Waals surface area contributed by atoms with E-state index in [9.17, 15) is 9.59 Å². The molecule has 2 aliphatic rings. The second-order valence-electron chi connectivity index (χ2n) is 6.24. The lowest BCUT2D eigenvalue weighted by molar-refractivity contribution is -0.116. The van der Waals surface area contributed by atoms with Crippen LogP contribution in [-0.4, -0.2) is 30.9 Å². The van der Waals surface area contributed by atoms with Gasteiger partial charge in [-0.15, -0.1) is 12.4 Å². The quantitative estimate of drug-likeness (QED) is 0.746. The van der Waals surface area contributed by atoms with E-state index in [-0.39, 0.29) is 24.2 Å². The minimum absolute atomic E-state index is 0. The van der Waals surface area contributed by atoms with Crippen molar-refractivity contribution in [1.82, 2.24) is 10.6 Å². The molecule has 1 saturated heterocycles. The van der Waals surface area contributed by atoms with E-state index in [0.29, 0.717) is 29.6 Å². The van der Waals surface area contributed by atoms with Gasteiger partial charge in [-0.1, -0.05) is 12.1 Å². The third-order valence-electron chi connectivity index (χ3n) is 4.30. The van der Waals surface area contributed by atoms with Gasteiger partial charge in [0.25, 0.3) is 5.91 Å². The van der Waals surface area contributed by atoms with Crippen molar-refractivity contribution in [3.8, 4) is 0 Å². The number of rotatable bonds is 6. The molecule has 3 N–H and O–H groups in total. The van der Waals surface area contributed by atoms with Gasteiger partial charge in [0.05, 0.1) is 11.3 Å². The Hall–Kier alpha value is -1.59. The summed E-state index contributed by atoms with van der Waals surface area (Å²) in [6, 6.07) is 7.52. The molecule has 1 aromatic carbocycles. The molecule has 1 heterocycles. The number of carbonyl (C=O) groups is 2. The Morgan fingerprint density at radius 1 is 1.17 bits per heavy atom. The van der Waals surface area contributed by atoms with Crippen LogP contribution < -0.4 is 16.0 Å². The number of nitrogens with one attached hydrogen (secondary N) is 3. The summed E-state index contributed by atoms with van der Waals surface area (Å²) in [4.78, 5) is 24.3. The Bertz CT molecular complexity index is 555. The maximum Gasteiger partial charge on any atom is 0.253 e. The molecule has 6 heteroatoms. The number of hydrogen-bond acceptors (Lipinski definition) is 3. The first-order valence-electron chi connectivity index (χ1n) is 8.13. The number of carbonyl (C=O) groups excluding carboxylic acids is 2. The van der Waals surface area contributed by atoms with E-state index in [1.807, 2.05) is 12.1 Å². The Morgan fingerprint density at radius 2 is 1.96 bits per heavy atom. The largest absolute Gasteiger partial charge is 0.349 e. The van der Waals surface area contributed by atoms with E-state index in [4.69, 9.17) is 0 Å². The van der Waals surface area contributed by atoms with Crippen LogP contribution in [0.3, 0.4) is 0 Å². The molecule has 3 rings (SSSR count). The normalized spacial score (nSPS) is 19.7. The predicted octanol–water partition coefficient (Wildman–Crippen LogP) is 2.33. The standard InChI is InChI=1S/C17H23N3O2.ClH/c21-16(8-5-12-9-10-18-11-12)20-15-4-2-1-3-14(15)17(22)19-13-6-7-13;/h1-4,12-13,18H,5-11H2,(H,19,22)(H,20,21);1H. The topological polar surface area (TPSA) is 70.2 Å². The zero-order valence-electron chi connectivity index (χ0n) is 13.1. The summed E-state index contributed by atoms with van der Waals surface area (Å²) in [5.74, 6) is 0.483. The fourth-order valence-electron chi connectivity index (χ4n) is 2.79. The minimum atomic E-state index is -0.0987. The zero-order valence-corrected chi connectivity index (χ0v) is 14.0. The van der Waals surface area contributed by atoms with E-state index in [1.54, 1.807) is 12.1 Å². The van der Waals surface area contributed by atoms with Crippen LogP contribution in [-0.2, 0) is 4.79 Å². The lowest BCUT2D eigenvalue weighted by atomic mass is 10.0.